The molecule has 2 aromatic heterocycles. The van der Waals surface area contributed by atoms with Crippen molar-refractivity contribution >= 4 is 17.8 Å². The molecule has 2 aliphatic rings. The molecule has 1 unspecified atom stereocenters. The van der Waals surface area contributed by atoms with Gasteiger partial charge in [0.25, 0.3) is 0 Å². The van der Waals surface area contributed by atoms with Crippen LogP contribution in [0, 0.1) is 6.92 Å². The summed E-state index contributed by atoms with van der Waals surface area (Å²) in [6, 6.07) is 15.7. The van der Waals surface area contributed by atoms with Crippen LogP contribution in [-0.4, -0.2) is 67.0 Å². The first kappa shape index (κ1) is 32.5. The Bertz CT molecular complexity index is 1730. The Morgan fingerprint density at radius 3 is 2.22 bits per heavy atom. The number of nitrogens with zero attached hydrogens (tertiary/aromatic N) is 5. The Labute approximate surface area is 258 Å². The van der Waals surface area contributed by atoms with E-state index in [-0.39, 0.29) is 6.54 Å². The summed E-state index contributed by atoms with van der Waals surface area (Å²) >= 11 is 0. The van der Waals surface area contributed by atoms with E-state index in [0.29, 0.717) is 24.4 Å². The number of nitrogens with one attached hydrogen (secondary N) is 2. The summed E-state index contributed by atoms with van der Waals surface area (Å²) in [5.41, 5.74) is 4.05. The minimum Gasteiger partial charge on any atom is -0.475 e. The third kappa shape index (κ3) is 6.85. The molecule has 1 fully saturated rings. The number of carboxylic acids is 1. The molecule has 3 heterocycles. The third-order valence-electron chi connectivity index (χ3n) is 7.82. The molecule has 1 atom stereocenters. The van der Waals surface area contributed by atoms with Crippen molar-refractivity contribution in [2.75, 3.05) is 18.4 Å². The lowest BCUT2D eigenvalue weighted by Crippen LogP contribution is -2.51. The number of aliphatic carboxylic acids is 1. The van der Waals surface area contributed by atoms with E-state index in [9.17, 15) is 31.1 Å². The zero-order chi connectivity index (χ0) is 33.4. The number of fused-ring (bicyclic) bond motifs is 2. The van der Waals surface area contributed by atoms with Crippen LogP contribution in [0.15, 0.2) is 67.0 Å². The largest absolute Gasteiger partial charge is 0.490 e. The first-order valence-electron chi connectivity index (χ1n) is 14.0. The van der Waals surface area contributed by atoms with Crippen LogP contribution in [0.25, 0.3) is 16.9 Å². The Kier molecular flexibility index (Phi) is 8.59. The maximum atomic E-state index is 13.5. The summed E-state index contributed by atoms with van der Waals surface area (Å²) in [7, 11) is 1.81. The van der Waals surface area contributed by atoms with Gasteiger partial charge in [0.1, 0.15) is 11.5 Å². The predicted molar refractivity (Wildman–Crippen MR) is 154 cm³/mol. The normalized spacial score (nSPS) is 17.1. The Morgan fingerprint density at radius 1 is 1.02 bits per heavy atom. The number of urea groups is 1. The number of halogens is 6. The van der Waals surface area contributed by atoms with Crippen molar-refractivity contribution in [3.05, 3.63) is 83.7 Å². The maximum Gasteiger partial charge on any atom is 0.490 e. The number of anilines is 1. The smallest absolute Gasteiger partial charge is 0.475 e. The minimum atomic E-state index is -5.08. The van der Waals surface area contributed by atoms with Gasteiger partial charge >= 0.3 is 24.4 Å². The highest BCUT2D eigenvalue weighted by atomic mass is 19.4. The zero-order valence-electron chi connectivity index (χ0n) is 24.5. The highest BCUT2D eigenvalue weighted by Crippen LogP contribution is 2.56. The van der Waals surface area contributed by atoms with Crippen molar-refractivity contribution in [1.29, 1.82) is 0 Å². The number of hydrogen-bond acceptors (Lipinski definition) is 5. The van der Waals surface area contributed by atoms with Crippen LogP contribution in [0.3, 0.4) is 0 Å². The van der Waals surface area contributed by atoms with E-state index in [1.807, 2.05) is 74.8 Å². The average molecular weight is 650 g/mol. The molecule has 0 saturated heterocycles. The number of aryl methyl sites for hydroxylation is 1. The van der Waals surface area contributed by atoms with E-state index in [4.69, 9.17) is 15.0 Å². The second-order valence-corrected chi connectivity index (χ2v) is 11.0. The molecule has 4 aromatic rings. The molecule has 1 spiro atoms. The van der Waals surface area contributed by atoms with Crippen LogP contribution in [0.4, 0.5) is 37.0 Å². The van der Waals surface area contributed by atoms with E-state index >= 15 is 0 Å². The van der Waals surface area contributed by atoms with Crippen LogP contribution in [0.2, 0.25) is 0 Å². The fourth-order valence-corrected chi connectivity index (χ4v) is 5.67. The molecule has 16 heteroatoms. The summed E-state index contributed by atoms with van der Waals surface area (Å²) in [6.45, 7) is 0.916. The summed E-state index contributed by atoms with van der Waals surface area (Å²) in [6.07, 6.45) is -4.53. The summed E-state index contributed by atoms with van der Waals surface area (Å²) < 4.78 is 75.6. The van der Waals surface area contributed by atoms with Gasteiger partial charge in [-0.2, -0.15) is 36.5 Å². The molecule has 244 valence electrons. The number of amides is 2. The third-order valence-corrected chi connectivity index (χ3v) is 7.82. The van der Waals surface area contributed by atoms with E-state index in [1.54, 1.807) is 15.6 Å². The molecular weight excluding hydrogens is 620 g/mol. The predicted octanol–water partition coefficient (Wildman–Crippen LogP) is 5.94. The minimum absolute atomic E-state index is 0.0712. The number of carbonyl (C=O) groups is 2. The summed E-state index contributed by atoms with van der Waals surface area (Å²) in [5, 5.41) is 22.0. The Hall–Kier alpha value is -4.86. The molecule has 0 bridgehead atoms. The van der Waals surface area contributed by atoms with Crippen LogP contribution in [-0.2, 0) is 17.4 Å². The van der Waals surface area contributed by atoms with Crippen molar-refractivity contribution < 1.29 is 41.0 Å². The average Bonchev–Trinajstić information content (AvgIpc) is 3.57. The van der Waals surface area contributed by atoms with E-state index in [0.717, 1.165) is 27.9 Å². The molecule has 3 N–H and O–H groups in total. The number of rotatable bonds is 5. The van der Waals surface area contributed by atoms with E-state index in [2.05, 4.69) is 15.7 Å². The highest BCUT2D eigenvalue weighted by Gasteiger charge is 2.56. The fraction of sp³-hybridized carbons (Fsp3) is 0.333. The zero-order valence-corrected chi connectivity index (χ0v) is 24.5. The van der Waals surface area contributed by atoms with Crippen molar-refractivity contribution in [2.45, 2.75) is 43.7 Å². The van der Waals surface area contributed by atoms with Crippen LogP contribution >= 0.6 is 0 Å². The molecule has 10 nitrogen and oxygen atoms in total. The molecule has 6 rings (SSSR count). The fourth-order valence-electron chi connectivity index (χ4n) is 5.67. The Morgan fingerprint density at radius 2 is 1.65 bits per heavy atom. The van der Waals surface area contributed by atoms with Crippen LogP contribution in [0.1, 0.15) is 35.6 Å². The second kappa shape index (κ2) is 12.2. The topological polar surface area (TPSA) is 117 Å². The first-order chi connectivity index (χ1) is 21.6. The van der Waals surface area contributed by atoms with E-state index in [1.165, 1.54) is 4.90 Å². The van der Waals surface area contributed by atoms with Gasteiger partial charge in [-0.1, -0.05) is 42.5 Å². The monoisotopic (exact) mass is 649 g/mol. The van der Waals surface area contributed by atoms with Gasteiger partial charge in [0.2, 0.25) is 0 Å². The van der Waals surface area contributed by atoms with Gasteiger partial charge in [-0.3, -0.25) is 14.9 Å². The summed E-state index contributed by atoms with van der Waals surface area (Å²) in [5.74, 6) is -2.29. The van der Waals surface area contributed by atoms with Gasteiger partial charge in [-0.05, 0) is 43.0 Å². The molecule has 2 amide bonds. The number of aromatic nitrogens is 4. The standard InChI is InChI=1S/C28H28F3N7O.C2HF3O2/c1-18-24(19-14-32-36(2)15-19)35-38(20-8-4-3-5-9-20)25(18)34-26(39)33-23-16-37(17-28(29,30)31)27(12-13-27)22-11-7-6-10-21(22)23;3-2(4,5)1(6)7/h3-11,14-15,23H,12-13,16-17H2,1-2H3,(H2,33,34,39);(H,6,7). The van der Waals surface area contributed by atoms with Crippen LogP contribution < -0.4 is 10.6 Å². The Balaban J connectivity index is 0.000000537. The molecule has 1 aliphatic heterocycles. The molecule has 0 radical (unpaired) electrons. The molecule has 1 aliphatic carbocycles. The lowest BCUT2D eigenvalue weighted by molar-refractivity contribution is -0.192. The van der Waals surface area contributed by atoms with E-state index < -0.39 is 42.5 Å². The lowest BCUT2D eigenvalue weighted by atomic mass is 9.87. The van der Waals surface area contributed by atoms with Crippen molar-refractivity contribution in [2.24, 2.45) is 7.05 Å². The first-order valence-corrected chi connectivity index (χ1v) is 14.0. The molecular formula is C30H29F6N7O3. The second-order valence-electron chi connectivity index (χ2n) is 11.0. The number of carbonyl (C=O) groups excluding carboxylic acids is 1. The number of alkyl halides is 6. The maximum absolute atomic E-state index is 13.5. The molecule has 46 heavy (non-hydrogen) atoms. The number of para-hydroxylation sites is 1. The number of benzene rings is 2. The number of carboxylic acid groups (broad SMARTS) is 1. The molecule has 2 aromatic carbocycles. The van der Waals surface area contributed by atoms with Crippen molar-refractivity contribution in [3.8, 4) is 16.9 Å². The molecule has 1 saturated carbocycles. The van der Waals surface area contributed by atoms with Crippen molar-refractivity contribution in [1.82, 2.24) is 29.8 Å². The van der Waals surface area contributed by atoms with Gasteiger partial charge in [0.15, 0.2) is 0 Å². The van der Waals surface area contributed by atoms with Crippen LogP contribution in [0.5, 0.6) is 0 Å². The van der Waals surface area contributed by atoms with Gasteiger partial charge in [0, 0.05) is 36.5 Å². The lowest BCUT2D eigenvalue weighted by Gasteiger charge is -2.42. The highest BCUT2D eigenvalue weighted by molar-refractivity contribution is 5.91. The summed E-state index contributed by atoms with van der Waals surface area (Å²) in [4.78, 5) is 23.8. The van der Waals surface area contributed by atoms with Gasteiger partial charge in [-0.25, -0.2) is 14.3 Å². The van der Waals surface area contributed by atoms with Gasteiger partial charge in [0.05, 0.1) is 24.5 Å². The van der Waals surface area contributed by atoms with Gasteiger partial charge in [-0.15, -0.1) is 0 Å². The number of hydrogen-bond donors (Lipinski definition) is 3. The quantitative estimate of drug-likeness (QED) is 0.231. The SMILES string of the molecule is Cc1c(-c2cnn(C)c2)nn(-c2ccccc2)c1NC(=O)NC1CN(CC(F)(F)F)C2(CC2)c2ccccc21.O=C(O)C(F)(F)F. The van der Waals surface area contributed by atoms with Gasteiger partial charge < -0.3 is 10.4 Å². The van der Waals surface area contributed by atoms with Crippen molar-refractivity contribution in [3.63, 3.8) is 0 Å².